The summed E-state index contributed by atoms with van der Waals surface area (Å²) in [6, 6.07) is 9.42. The predicted octanol–water partition coefficient (Wildman–Crippen LogP) is 3.57. The molecule has 10 heteroatoms. The first-order valence-corrected chi connectivity index (χ1v) is 11.6. The van der Waals surface area contributed by atoms with Crippen LogP contribution in [0, 0.1) is 11.7 Å². The molecule has 7 nitrogen and oxygen atoms in total. The first-order valence-electron chi connectivity index (χ1n) is 9.54. The normalized spacial score (nSPS) is 17.0. The molecular weight excluding hydrogens is 445 g/mol. The third-order valence-electron chi connectivity index (χ3n) is 5.23. The Morgan fingerprint density at radius 3 is 2.58 bits per heavy atom. The molecule has 3 heterocycles. The maximum atomic E-state index is 14.6. The average molecular weight is 462 g/mol. The van der Waals surface area contributed by atoms with Gasteiger partial charge in [0, 0.05) is 19.0 Å². The van der Waals surface area contributed by atoms with Crippen molar-refractivity contribution in [2.75, 3.05) is 30.5 Å². The molecule has 0 amide bonds. The van der Waals surface area contributed by atoms with Crippen LogP contribution in [-0.4, -0.2) is 44.0 Å². The summed E-state index contributed by atoms with van der Waals surface area (Å²) < 4.78 is 49.2. The van der Waals surface area contributed by atoms with Gasteiger partial charge in [0.05, 0.1) is 24.0 Å². The minimum Gasteiger partial charge on any atom is -0.490 e. The third-order valence-corrected chi connectivity index (χ3v) is 6.87. The molecule has 3 aromatic rings. The average Bonchev–Trinajstić information content (AvgIpc) is 3.03. The maximum absolute atomic E-state index is 14.6. The number of anilines is 1. The van der Waals surface area contributed by atoms with Crippen molar-refractivity contribution >= 4 is 27.4 Å². The largest absolute Gasteiger partial charge is 0.490 e. The maximum Gasteiger partial charge on any atom is 0.225 e. The fourth-order valence-corrected chi connectivity index (χ4v) is 4.78. The van der Waals surface area contributed by atoms with Crippen molar-refractivity contribution in [1.29, 1.82) is 0 Å². The van der Waals surface area contributed by atoms with Crippen molar-refractivity contribution in [1.82, 2.24) is 9.97 Å². The van der Waals surface area contributed by atoms with Crippen molar-refractivity contribution in [3.8, 4) is 22.6 Å². The highest BCUT2D eigenvalue weighted by atomic mass is 35.5. The van der Waals surface area contributed by atoms with Crippen LogP contribution < -0.4 is 14.4 Å². The Morgan fingerprint density at radius 2 is 1.84 bits per heavy atom. The zero-order valence-electron chi connectivity index (χ0n) is 16.2. The zero-order chi connectivity index (χ0) is 21.6. The van der Waals surface area contributed by atoms with Crippen LogP contribution in [-0.2, 0) is 9.84 Å². The summed E-state index contributed by atoms with van der Waals surface area (Å²) in [5.74, 6) is 0.470. The van der Waals surface area contributed by atoms with Crippen LogP contribution in [0.25, 0.3) is 11.1 Å². The van der Waals surface area contributed by atoms with Crippen molar-refractivity contribution in [3.05, 3.63) is 59.6 Å². The second kappa shape index (κ2) is 7.65. The summed E-state index contributed by atoms with van der Waals surface area (Å²) in [4.78, 5) is 10.5. The van der Waals surface area contributed by atoms with Gasteiger partial charge in [-0.1, -0.05) is 23.7 Å². The molecule has 0 radical (unpaired) electrons. The number of ether oxygens (including phenoxy) is 2. The second-order valence-electron chi connectivity index (χ2n) is 7.47. The van der Waals surface area contributed by atoms with Crippen LogP contribution in [0.3, 0.4) is 0 Å². The summed E-state index contributed by atoms with van der Waals surface area (Å²) in [6.45, 7) is 1.82. The zero-order valence-corrected chi connectivity index (χ0v) is 17.7. The van der Waals surface area contributed by atoms with E-state index in [2.05, 4.69) is 9.97 Å². The summed E-state index contributed by atoms with van der Waals surface area (Å²) >= 11 is 5.80. The van der Waals surface area contributed by atoms with Crippen molar-refractivity contribution in [2.24, 2.45) is 5.92 Å². The first kappa shape index (κ1) is 20.0. The molecule has 0 aliphatic carbocycles. The molecule has 0 bridgehead atoms. The number of halogens is 2. The van der Waals surface area contributed by atoms with Gasteiger partial charge in [-0.15, -0.1) is 0 Å². The van der Waals surface area contributed by atoms with E-state index in [0.29, 0.717) is 28.7 Å². The molecule has 0 saturated carbocycles. The topological polar surface area (TPSA) is 81.6 Å². The number of aromatic nitrogens is 2. The molecule has 0 unspecified atom stereocenters. The Labute approximate surface area is 183 Å². The molecular formula is C21H17ClFN3O4S. The number of nitrogens with zero attached hydrogens (tertiary/aromatic N) is 3. The standard InChI is InChI=1S/C21H17ClFN3O4S/c22-16-7-24-21(25-8-16)26-9-13(10-26)11-29-18-3-1-14(5-17(18)23)15-2-4-20-19(6-15)30-12-31(20,27)28/h1-8,13H,9-12H2. The highest BCUT2D eigenvalue weighted by Gasteiger charge is 2.30. The number of hydrogen-bond acceptors (Lipinski definition) is 7. The lowest BCUT2D eigenvalue weighted by Crippen LogP contribution is -2.50. The van der Waals surface area contributed by atoms with Gasteiger partial charge in [-0.3, -0.25) is 0 Å². The molecule has 0 spiro atoms. The van der Waals surface area contributed by atoms with E-state index >= 15 is 0 Å². The van der Waals surface area contributed by atoms with Gasteiger partial charge in [-0.2, -0.15) is 0 Å². The number of benzene rings is 2. The molecule has 5 rings (SSSR count). The Kier molecular flexibility index (Phi) is 4.94. The van der Waals surface area contributed by atoms with E-state index < -0.39 is 15.7 Å². The van der Waals surface area contributed by atoms with Gasteiger partial charge < -0.3 is 14.4 Å². The molecule has 2 aliphatic heterocycles. The van der Waals surface area contributed by atoms with Gasteiger partial charge in [0.2, 0.25) is 15.8 Å². The second-order valence-corrected chi connectivity index (χ2v) is 9.81. The Morgan fingerprint density at radius 1 is 1.13 bits per heavy atom. The fraction of sp³-hybridized carbons (Fsp3) is 0.238. The van der Waals surface area contributed by atoms with Gasteiger partial charge in [0.1, 0.15) is 10.6 Å². The Hall–Kier alpha value is -2.91. The van der Waals surface area contributed by atoms with E-state index in [4.69, 9.17) is 21.1 Å². The van der Waals surface area contributed by atoms with Gasteiger partial charge >= 0.3 is 0 Å². The summed E-state index contributed by atoms with van der Waals surface area (Å²) in [6.07, 6.45) is 3.10. The van der Waals surface area contributed by atoms with Crippen LogP contribution in [0.15, 0.2) is 53.7 Å². The summed E-state index contributed by atoms with van der Waals surface area (Å²) in [7, 11) is -3.39. The van der Waals surface area contributed by atoms with Crippen LogP contribution in [0.2, 0.25) is 5.02 Å². The fourth-order valence-electron chi connectivity index (χ4n) is 3.57. The van der Waals surface area contributed by atoms with Crippen LogP contribution in [0.1, 0.15) is 0 Å². The highest BCUT2D eigenvalue weighted by molar-refractivity contribution is 7.91. The first-order chi connectivity index (χ1) is 14.9. The minimum absolute atomic E-state index is 0.162. The number of rotatable bonds is 5. The molecule has 1 saturated heterocycles. The van der Waals surface area contributed by atoms with Crippen LogP contribution >= 0.6 is 11.6 Å². The van der Waals surface area contributed by atoms with E-state index in [1.54, 1.807) is 36.7 Å². The molecule has 0 N–H and O–H groups in total. The Bertz CT molecular complexity index is 1250. The molecule has 2 aliphatic rings. The number of fused-ring (bicyclic) bond motifs is 1. The summed E-state index contributed by atoms with van der Waals surface area (Å²) in [5.41, 5.74) is 1.27. The molecule has 31 heavy (non-hydrogen) atoms. The van der Waals surface area contributed by atoms with Crippen molar-refractivity contribution in [3.63, 3.8) is 0 Å². The van der Waals surface area contributed by atoms with Gasteiger partial charge in [0.25, 0.3) is 0 Å². The molecule has 2 aromatic carbocycles. The molecule has 0 atom stereocenters. The van der Waals surface area contributed by atoms with E-state index in [-0.39, 0.29) is 28.3 Å². The predicted molar refractivity (Wildman–Crippen MR) is 113 cm³/mol. The lowest BCUT2D eigenvalue weighted by molar-refractivity contribution is 0.212. The minimum atomic E-state index is -3.39. The van der Waals surface area contributed by atoms with Gasteiger partial charge in [-0.05, 0) is 35.4 Å². The number of hydrogen-bond donors (Lipinski definition) is 0. The van der Waals surface area contributed by atoms with E-state index in [1.165, 1.54) is 12.1 Å². The van der Waals surface area contributed by atoms with Crippen LogP contribution in [0.5, 0.6) is 11.5 Å². The monoisotopic (exact) mass is 461 g/mol. The van der Waals surface area contributed by atoms with Crippen LogP contribution in [0.4, 0.5) is 10.3 Å². The van der Waals surface area contributed by atoms with Crippen molar-refractivity contribution in [2.45, 2.75) is 4.90 Å². The SMILES string of the molecule is O=S1(=O)COc2cc(-c3ccc(OCC4CN(c5ncc(Cl)cn5)C4)c(F)c3)ccc21. The quantitative estimate of drug-likeness (QED) is 0.574. The van der Waals surface area contributed by atoms with E-state index in [9.17, 15) is 12.8 Å². The molecule has 160 valence electrons. The molecule has 1 fully saturated rings. The van der Waals surface area contributed by atoms with E-state index in [0.717, 1.165) is 13.1 Å². The molecule has 1 aromatic heterocycles. The van der Waals surface area contributed by atoms with E-state index in [1.807, 2.05) is 4.90 Å². The third kappa shape index (κ3) is 3.90. The highest BCUT2D eigenvalue weighted by Crippen LogP contribution is 2.36. The lowest BCUT2D eigenvalue weighted by Gasteiger charge is -2.38. The van der Waals surface area contributed by atoms with Gasteiger partial charge in [-0.25, -0.2) is 22.8 Å². The lowest BCUT2D eigenvalue weighted by atomic mass is 10.0. The number of sulfone groups is 1. The smallest absolute Gasteiger partial charge is 0.225 e. The van der Waals surface area contributed by atoms with Gasteiger partial charge in [0.15, 0.2) is 17.5 Å². The summed E-state index contributed by atoms with van der Waals surface area (Å²) in [5, 5.41) is 0.487. The van der Waals surface area contributed by atoms with Crippen molar-refractivity contribution < 1.29 is 22.3 Å². The Balaban J connectivity index is 1.21.